The molecule has 4 aromatic rings. The van der Waals surface area contributed by atoms with Crippen molar-refractivity contribution in [2.24, 2.45) is 14.1 Å². The van der Waals surface area contributed by atoms with Crippen LogP contribution in [0.2, 0.25) is 0 Å². The average molecular weight is 440 g/mol. The molecule has 0 fully saturated rings. The molecule has 0 unspecified atom stereocenters. The summed E-state index contributed by atoms with van der Waals surface area (Å²) >= 11 is 3.60. The number of para-hydroxylation sites is 2. The van der Waals surface area contributed by atoms with Crippen LogP contribution in [0.25, 0.3) is 27.8 Å². The molecule has 2 heterocycles. The number of hydrogen-bond acceptors (Lipinski definition) is 3. The Kier molecular flexibility index (Phi) is 4.47. The zero-order valence-corrected chi connectivity index (χ0v) is 17.2. The maximum Gasteiger partial charge on any atom is 0.330 e. The SMILES string of the molecule is COc1ccccc1-n1cc2c(c1-c1ccccc1Br)c(=O)n(C)c(=O)n2C. The van der Waals surface area contributed by atoms with Gasteiger partial charge in [0.25, 0.3) is 5.56 Å². The normalized spacial score (nSPS) is 11.1. The van der Waals surface area contributed by atoms with Crippen molar-refractivity contribution in [2.45, 2.75) is 0 Å². The molecule has 28 heavy (non-hydrogen) atoms. The van der Waals surface area contributed by atoms with Gasteiger partial charge in [0.15, 0.2) is 0 Å². The first-order valence-corrected chi connectivity index (χ1v) is 9.44. The molecular weight excluding hydrogens is 422 g/mol. The van der Waals surface area contributed by atoms with E-state index in [1.165, 1.54) is 11.6 Å². The summed E-state index contributed by atoms with van der Waals surface area (Å²) in [5, 5.41) is 0.474. The summed E-state index contributed by atoms with van der Waals surface area (Å²) in [7, 11) is 4.77. The zero-order valence-electron chi connectivity index (χ0n) is 15.6. The Morgan fingerprint density at radius 2 is 1.61 bits per heavy atom. The van der Waals surface area contributed by atoms with Crippen molar-refractivity contribution in [1.29, 1.82) is 0 Å². The predicted molar refractivity (Wildman–Crippen MR) is 113 cm³/mol. The van der Waals surface area contributed by atoms with Gasteiger partial charge in [-0.3, -0.25) is 13.9 Å². The Hall–Kier alpha value is -3.06. The van der Waals surface area contributed by atoms with E-state index in [-0.39, 0.29) is 11.2 Å². The van der Waals surface area contributed by atoms with Crippen molar-refractivity contribution < 1.29 is 4.74 Å². The lowest BCUT2D eigenvalue weighted by Crippen LogP contribution is -2.36. The molecule has 0 saturated heterocycles. The van der Waals surface area contributed by atoms with Crippen LogP contribution in [0.1, 0.15) is 0 Å². The average Bonchev–Trinajstić information content (AvgIpc) is 3.11. The highest BCUT2D eigenvalue weighted by Crippen LogP contribution is 2.37. The number of aryl methyl sites for hydroxylation is 1. The largest absolute Gasteiger partial charge is 0.495 e. The fraction of sp³-hybridized carbons (Fsp3) is 0.143. The van der Waals surface area contributed by atoms with E-state index in [4.69, 9.17) is 4.74 Å². The van der Waals surface area contributed by atoms with Gasteiger partial charge >= 0.3 is 5.69 Å². The summed E-state index contributed by atoms with van der Waals surface area (Å²) < 4.78 is 10.9. The number of hydrogen-bond donors (Lipinski definition) is 0. The van der Waals surface area contributed by atoms with Crippen LogP contribution in [0, 0.1) is 0 Å². The van der Waals surface area contributed by atoms with E-state index in [1.54, 1.807) is 14.2 Å². The predicted octanol–water partition coefficient (Wildman–Crippen LogP) is 3.47. The first kappa shape index (κ1) is 18.3. The molecule has 0 spiro atoms. The van der Waals surface area contributed by atoms with Crippen molar-refractivity contribution >= 4 is 26.8 Å². The fourth-order valence-corrected chi connectivity index (χ4v) is 3.95. The molecule has 0 atom stereocenters. The van der Waals surface area contributed by atoms with Gasteiger partial charge in [0.05, 0.1) is 29.4 Å². The van der Waals surface area contributed by atoms with Crippen molar-refractivity contribution in [2.75, 3.05) is 7.11 Å². The molecule has 0 aliphatic rings. The number of ether oxygens (including phenoxy) is 1. The first-order valence-electron chi connectivity index (χ1n) is 8.65. The van der Waals surface area contributed by atoms with Crippen LogP contribution in [0.15, 0.2) is 68.8 Å². The minimum absolute atomic E-state index is 0.336. The number of nitrogens with zero attached hydrogens (tertiary/aromatic N) is 3. The summed E-state index contributed by atoms with van der Waals surface area (Å²) in [6.45, 7) is 0. The Bertz CT molecular complexity index is 1330. The van der Waals surface area contributed by atoms with E-state index in [2.05, 4.69) is 15.9 Å². The van der Waals surface area contributed by atoms with Gasteiger partial charge in [-0.1, -0.05) is 46.3 Å². The minimum Gasteiger partial charge on any atom is -0.495 e. The highest BCUT2D eigenvalue weighted by Gasteiger charge is 2.22. The Balaban J connectivity index is 2.26. The number of aromatic nitrogens is 3. The summed E-state index contributed by atoms with van der Waals surface area (Å²) in [6.07, 6.45) is 1.81. The number of fused-ring (bicyclic) bond motifs is 1. The molecule has 0 saturated carbocycles. The molecular formula is C21H18BrN3O3. The summed E-state index contributed by atoms with van der Waals surface area (Å²) in [5.41, 5.74) is 2.18. The van der Waals surface area contributed by atoms with Crippen molar-refractivity contribution in [3.63, 3.8) is 0 Å². The standard InChI is InChI=1S/C21H18BrN3O3/c1-23-16-12-25(15-10-6-7-11-17(15)28-3)19(13-8-4-5-9-14(13)22)18(16)20(26)24(2)21(23)27/h4-12H,1-3H3. The third-order valence-corrected chi connectivity index (χ3v) is 5.60. The molecule has 4 rings (SSSR count). The lowest BCUT2D eigenvalue weighted by molar-refractivity contribution is 0.413. The van der Waals surface area contributed by atoms with Crippen LogP contribution in [0.5, 0.6) is 5.75 Å². The summed E-state index contributed by atoms with van der Waals surface area (Å²) in [4.78, 5) is 25.6. The summed E-state index contributed by atoms with van der Waals surface area (Å²) in [6, 6.07) is 15.3. The molecule has 0 bridgehead atoms. The van der Waals surface area contributed by atoms with Crippen LogP contribution in [-0.2, 0) is 14.1 Å². The van der Waals surface area contributed by atoms with Crippen LogP contribution < -0.4 is 16.0 Å². The van der Waals surface area contributed by atoms with Crippen LogP contribution in [0.4, 0.5) is 0 Å². The van der Waals surface area contributed by atoms with E-state index < -0.39 is 0 Å². The molecule has 142 valence electrons. The van der Waals surface area contributed by atoms with E-state index in [0.29, 0.717) is 22.3 Å². The monoisotopic (exact) mass is 439 g/mol. The van der Waals surface area contributed by atoms with E-state index in [0.717, 1.165) is 20.3 Å². The van der Waals surface area contributed by atoms with Gasteiger partial charge in [-0.2, -0.15) is 0 Å². The number of rotatable bonds is 3. The third kappa shape index (κ3) is 2.62. The highest BCUT2D eigenvalue weighted by molar-refractivity contribution is 9.10. The smallest absolute Gasteiger partial charge is 0.330 e. The molecule has 0 aliphatic heterocycles. The van der Waals surface area contributed by atoms with Crippen LogP contribution in [0.3, 0.4) is 0 Å². The zero-order chi connectivity index (χ0) is 20.0. The summed E-state index contributed by atoms with van der Waals surface area (Å²) in [5.74, 6) is 0.665. The maximum atomic E-state index is 13.1. The van der Waals surface area contributed by atoms with Gasteiger partial charge in [0, 0.05) is 30.3 Å². The molecule has 0 aliphatic carbocycles. The number of halogens is 1. The molecule has 7 heteroatoms. The quantitative estimate of drug-likeness (QED) is 0.490. The van der Waals surface area contributed by atoms with Gasteiger partial charge in [-0.05, 0) is 18.2 Å². The van der Waals surface area contributed by atoms with E-state index >= 15 is 0 Å². The van der Waals surface area contributed by atoms with Crippen molar-refractivity contribution in [3.05, 3.63) is 80.0 Å². The molecule has 6 nitrogen and oxygen atoms in total. The Morgan fingerprint density at radius 1 is 0.929 bits per heavy atom. The topological polar surface area (TPSA) is 58.2 Å². The van der Waals surface area contributed by atoms with Gasteiger partial charge < -0.3 is 9.30 Å². The van der Waals surface area contributed by atoms with Crippen molar-refractivity contribution in [1.82, 2.24) is 13.7 Å². The number of benzene rings is 2. The van der Waals surface area contributed by atoms with Crippen LogP contribution >= 0.6 is 15.9 Å². The second-order valence-corrected chi connectivity index (χ2v) is 7.32. The molecule has 0 amide bonds. The van der Waals surface area contributed by atoms with E-state index in [1.807, 2.05) is 59.3 Å². The van der Waals surface area contributed by atoms with Gasteiger partial charge in [0.1, 0.15) is 5.75 Å². The lowest BCUT2D eigenvalue weighted by atomic mass is 10.1. The minimum atomic E-state index is -0.367. The third-order valence-electron chi connectivity index (χ3n) is 4.91. The van der Waals surface area contributed by atoms with Crippen LogP contribution in [-0.4, -0.2) is 20.8 Å². The van der Waals surface area contributed by atoms with Crippen molar-refractivity contribution in [3.8, 4) is 22.7 Å². The highest BCUT2D eigenvalue weighted by atomic mass is 79.9. The van der Waals surface area contributed by atoms with Gasteiger partial charge in [0.2, 0.25) is 0 Å². The lowest BCUT2D eigenvalue weighted by Gasteiger charge is -2.14. The Morgan fingerprint density at radius 3 is 2.32 bits per heavy atom. The maximum absolute atomic E-state index is 13.1. The molecule has 0 radical (unpaired) electrons. The van der Waals surface area contributed by atoms with Gasteiger partial charge in [-0.15, -0.1) is 0 Å². The Labute approximate surface area is 169 Å². The fourth-order valence-electron chi connectivity index (χ4n) is 3.48. The molecule has 2 aromatic heterocycles. The number of methoxy groups -OCH3 is 1. The van der Waals surface area contributed by atoms with E-state index in [9.17, 15) is 9.59 Å². The molecule has 0 N–H and O–H groups in total. The molecule has 2 aromatic carbocycles. The second-order valence-electron chi connectivity index (χ2n) is 6.47. The van der Waals surface area contributed by atoms with Gasteiger partial charge in [-0.25, -0.2) is 4.79 Å². The second kappa shape index (κ2) is 6.83. The first-order chi connectivity index (χ1) is 13.5.